The summed E-state index contributed by atoms with van der Waals surface area (Å²) in [5.74, 6) is 1.69. The Hall–Kier alpha value is -1.88. The van der Waals surface area contributed by atoms with Gasteiger partial charge in [-0.1, -0.05) is 5.16 Å². The Kier molecular flexibility index (Phi) is 3.21. The van der Waals surface area contributed by atoms with Gasteiger partial charge in [-0.3, -0.25) is 0 Å². The maximum Gasteiger partial charge on any atom is 0.257 e. The van der Waals surface area contributed by atoms with Crippen molar-refractivity contribution in [3.8, 4) is 17.2 Å². The van der Waals surface area contributed by atoms with Crippen molar-refractivity contribution < 1.29 is 14.4 Å². The minimum Gasteiger partial charge on any atom is -0.508 e. The van der Waals surface area contributed by atoms with E-state index >= 15 is 0 Å². The summed E-state index contributed by atoms with van der Waals surface area (Å²) in [6.07, 6.45) is 2.07. The number of aryl methyl sites for hydroxylation is 1. The van der Waals surface area contributed by atoms with Gasteiger partial charge in [0.25, 0.3) is 5.89 Å². The lowest BCUT2D eigenvalue weighted by atomic mass is 10.0. The fourth-order valence-corrected chi connectivity index (χ4v) is 2.25. The largest absolute Gasteiger partial charge is 0.508 e. The zero-order valence-electron chi connectivity index (χ0n) is 10.8. The number of ether oxygens (including phenoxy) is 1. The highest BCUT2D eigenvalue weighted by atomic mass is 16.5. The van der Waals surface area contributed by atoms with E-state index in [0.717, 1.165) is 30.6 Å². The Morgan fingerprint density at radius 1 is 1.37 bits per heavy atom. The van der Waals surface area contributed by atoms with Gasteiger partial charge in [0.15, 0.2) is 5.82 Å². The van der Waals surface area contributed by atoms with E-state index in [2.05, 4.69) is 10.1 Å². The molecule has 5 heteroatoms. The molecule has 19 heavy (non-hydrogen) atoms. The van der Waals surface area contributed by atoms with Gasteiger partial charge in [-0.2, -0.15) is 4.98 Å². The molecule has 0 aliphatic carbocycles. The van der Waals surface area contributed by atoms with Gasteiger partial charge in [0.2, 0.25) is 0 Å². The van der Waals surface area contributed by atoms with Gasteiger partial charge in [-0.15, -0.1) is 0 Å². The van der Waals surface area contributed by atoms with Crippen LogP contribution in [0, 0.1) is 6.92 Å². The van der Waals surface area contributed by atoms with Crippen LogP contribution in [-0.4, -0.2) is 28.5 Å². The first-order valence-electron chi connectivity index (χ1n) is 6.45. The van der Waals surface area contributed by atoms with Crippen molar-refractivity contribution in [1.82, 2.24) is 10.1 Å². The van der Waals surface area contributed by atoms with Crippen LogP contribution in [0.2, 0.25) is 0 Å². The van der Waals surface area contributed by atoms with Crippen LogP contribution in [-0.2, 0) is 4.74 Å². The molecule has 2 aromatic rings. The Bertz CT molecular complexity index is 574. The predicted molar refractivity (Wildman–Crippen MR) is 68.9 cm³/mol. The average molecular weight is 260 g/mol. The number of aromatic nitrogens is 2. The van der Waals surface area contributed by atoms with Gasteiger partial charge < -0.3 is 14.4 Å². The number of benzene rings is 1. The molecule has 1 aliphatic rings. The van der Waals surface area contributed by atoms with Crippen molar-refractivity contribution in [1.29, 1.82) is 0 Å². The number of nitrogens with zero attached hydrogens (tertiary/aromatic N) is 2. The number of hydrogen-bond donors (Lipinski definition) is 1. The molecule has 1 unspecified atom stereocenters. The Labute approximate surface area is 111 Å². The van der Waals surface area contributed by atoms with Crippen LogP contribution in [0.3, 0.4) is 0 Å². The summed E-state index contributed by atoms with van der Waals surface area (Å²) in [4.78, 5) is 4.44. The highest BCUT2D eigenvalue weighted by Gasteiger charge is 2.22. The standard InChI is InChI=1S/C14H16N2O3/c1-9-7-10(4-5-12(9)17)14-15-13(16-19-14)11-3-2-6-18-8-11/h4-5,7,11,17H,2-3,6,8H2,1H3. The van der Waals surface area contributed by atoms with Crippen molar-refractivity contribution in [3.05, 3.63) is 29.6 Å². The summed E-state index contributed by atoms with van der Waals surface area (Å²) < 4.78 is 10.7. The maximum absolute atomic E-state index is 9.52. The van der Waals surface area contributed by atoms with Crippen LogP contribution in [0.15, 0.2) is 22.7 Å². The molecule has 1 aliphatic heterocycles. The third-order valence-corrected chi connectivity index (χ3v) is 3.41. The molecule has 1 aromatic heterocycles. The van der Waals surface area contributed by atoms with Crippen molar-refractivity contribution in [3.63, 3.8) is 0 Å². The monoisotopic (exact) mass is 260 g/mol. The lowest BCUT2D eigenvalue weighted by molar-refractivity contribution is 0.0773. The molecule has 1 N–H and O–H groups in total. The normalized spacial score (nSPS) is 19.5. The minimum atomic E-state index is 0.226. The number of phenols is 1. The van der Waals surface area contributed by atoms with E-state index < -0.39 is 0 Å². The summed E-state index contributed by atoms with van der Waals surface area (Å²) >= 11 is 0. The van der Waals surface area contributed by atoms with Crippen molar-refractivity contribution >= 4 is 0 Å². The van der Waals surface area contributed by atoms with Crippen LogP contribution in [0.1, 0.15) is 30.1 Å². The van der Waals surface area contributed by atoms with E-state index in [1.165, 1.54) is 0 Å². The van der Waals surface area contributed by atoms with Gasteiger partial charge in [-0.25, -0.2) is 0 Å². The molecule has 0 bridgehead atoms. The second-order valence-electron chi connectivity index (χ2n) is 4.87. The Morgan fingerprint density at radius 3 is 3.00 bits per heavy atom. The van der Waals surface area contributed by atoms with Crippen LogP contribution >= 0.6 is 0 Å². The topological polar surface area (TPSA) is 68.4 Å². The fraction of sp³-hybridized carbons (Fsp3) is 0.429. The summed E-state index contributed by atoms with van der Waals surface area (Å²) in [6, 6.07) is 5.25. The molecule has 0 amide bonds. The molecular weight excluding hydrogens is 244 g/mol. The predicted octanol–water partition coefficient (Wildman–Crippen LogP) is 2.64. The smallest absolute Gasteiger partial charge is 0.257 e. The van der Waals surface area contributed by atoms with E-state index in [1.807, 2.05) is 13.0 Å². The van der Waals surface area contributed by atoms with E-state index in [4.69, 9.17) is 9.26 Å². The number of aromatic hydroxyl groups is 1. The fourth-order valence-electron chi connectivity index (χ4n) is 2.25. The van der Waals surface area contributed by atoms with Crippen molar-refractivity contribution in [2.75, 3.05) is 13.2 Å². The quantitative estimate of drug-likeness (QED) is 0.899. The van der Waals surface area contributed by atoms with Gasteiger partial charge in [0, 0.05) is 18.1 Å². The van der Waals surface area contributed by atoms with Crippen LogP contribution in [0.25, 0.3) is 11.5 Å². The molecule has 1 atom stereocenters. The van der Waals surface area contributed by atoms with Gasteiger partial charge in [0.05, 0.1) is 6.61 Å². The zero-order chi connectivity index (χ0) is 13.2. The molecule has 5 nitrogen and oxygen atoms in total. The van der Waals surface area contributed by atoms with Gasteiger partial charge in [0.1, 0.15) is 5.75 Å². The van der Waals surface area contributed by atoms with Crippen LogP contribution in [0.5, 0.6) is 5.75 Å². The summed E-state index contributed by atoms with van der Waals surface area (Å²) in [6.45, 7) is 3.32. The van der Waals surface area contributed by atoms with Gasteiger partial charge >= 0.3 is 0 Å². The third kappa shape index (κ3) is 2.46. The Balaban J connectivity index is 1.85. The van der Waals surface area contributed by atoms with Crippen molar-refractivity contribution in [2.45, 2.75) is 25.7 Å². The maximum atomic E-state index is 9.52. The molecular formula is C14H16N2O3. The van der Waals surface area contributed by atoms with E-state index in [-0.39, 0.29) is 11.7 Å². The van der Waals surface area contributed by atoms with E-state index in [9.17, 15) is 5.11 Å². The number of phenolic OH excluding ortho intramolecular Hbond substituents is 1. The summed E-state index contributed by atoms with van der Waals surface area (Å²) in [5.41, 5.74) is 1.61. The summed E-state index contributed by atoms with van der Waals surface area (Å²) in [5, 5.41) is 13.6. The third-order valence-electron chi connectivity index (χ3n) is 3.41. The molecule has 1 fully saturated rings. The second-order valence-corrected chi connectivity index (χ2v) is 4.87. The number of hydrogen-bond acceptors (Lipinski definition) is 5. The zero-order valence-corrected chi connectivity index (χ0v) is 10.8. The highest BCUT2D eigenvalue weighted by molar-refractivity contribution is 5.56. The molecule has 3 rings (SSSR count). The first kappa shape index (κ1) is 12.2. The van der Waals surface area contributed by atoms with E-state index in [0.29, 0.717) is 18.3 Å². The molecule has 2 heterocycles. The van der Waals surface area contributed by atoms with E-state index in [1.54, 1.807) is 12.1 Å². The molecule has 100 valence electrons. The molecule has 0 saturated carbocycles. The first-order chi connectivity index (χ1) is 9.24. The van der Waals surface area contributed by atoms with Gasteiger partial charge in [-0.05, 0) is 43.5 Å². The second kappa shape index (κ2) is 5.01. The number of rotatable bonds is 2. The molecule has 1 aromatic carbocycles. The first-order valence-corrected chi connectivity index (χ1v) is 6.45. The lowest BCUT2D eigenvalue weighted by Gasteiger charge is -2.18. The minimum absolute atomic E-state index is 0.226. The highest BCUT2D eigenvalue weighted by Crippen LogP contribution is 2.27. The summed E-state index contributed by atoms with van der Waals surface area (Å²) in [7, 11) is 0. The SMILES string of the molecule is Cc1cc(-c2nc(C3CCCOC3)no2)ccc1O. The molecule has 1 saturated heterocycles. The van der Waals surface area contributed by atoms with Crippen LogP contribution in [0.4, 0.5) is 0 Å². The molecule has 0 radical (unpaired) electrons. The molecule has 0 spiro atoms. The Morgan fingerprint density at radius 2 is 2.26 bits per heavy atom. The average Bonchev–Trinajstić information content (AvgIpc) is 2.93. The lowest BCUT2D eigenvalue weighted by Crippen LogP contribution is -2.16. The van der Waals surface area contributed by atoms with Crippen LogP contribution < -0.4 is 0 Å². The van der Waals surface area contributed by atoms with Crippen molar-refractivity contribution in [2.24, 2.45) is 0 Å².